The summed E-state index contributed by atoms with van der Waals surface area (Å²) < 4.78 is 1.37. The van der Waals surface area contributed by atoms with Crippen molar-refractivity contribution in [3.63, 3.8) is 0 Å². The quantitative estimate of drug-likeness (QED) is 0.544. The molecule has 3 aromatic rings. The van der Waals surface area contributed by atoms with Crippen LogP contribution in [0.4, 0.5) is 5.82 Å². The highest BCUT2D eigenvalue weighted by molar-refractivity contribution is 7.98. The minimum absolute atomic E-state index is 0.00227. The molecule has 0 aliphatic carbocycles. The lowest BCUT2D eigenvalue weighted by atomic mass is 10.2. The average Bonchev–Trinajstić information content (AvgIpc) is 3.03. The van der Waals surface area contributed by atoms with Crippen molar-refractivity contribution in [1.29, 1.82) is 5.26 Å². The summed E-state index contributed by atoms with van der Waals surface area (Å²) in [7, 11) is 0. The molecule has 2 aromatic heterocycles. The Kier molecular flexibility index (Phi) is 4.35. The van der Waals surface area contributed by atoms with Gasteiger partial charge in [0.15, 0.2) is 11.5 Å². The Bertz CT molecular complexity index is 946. The molecule has 0 amide bonds. The first-order chi connectivity index (χ1) is 11.7. The van der Waals surface area contributed by atoms with Crippen LogP contribution in [0.3, 0.4) is 0 Å². The first-order valence-electron chi connectivity index (χ1n) is 7.02. The number of nitrogens with zero attached hydrogens (tertiary/aromatic N) is 4. The summed E-state index contributed by atoms with van der Waals surface area (Å²) in [6, 6.07) is 11.8. The van der Waals surface area contributed by atoms with E-state index in [1.807, 2.05) is 30.3 Å². The number of nitriles is 1. The molecule has 0 unspecified atom stereocenters. The molecule has 0 fully saturated rings. The van der Waals surface area contributed by atoms with Gasteiger partial charge in [0.25, 0.3) is 0 Å². The van der Waals surface area contributed by atoms with Gasteiger partial charge in [-0.3, -0.25) is 0 Å². The second kappa shape index (κ2) is 6.60. The van der Waals surface area contributed by atoms with E-state index in [2.05, 4.69) is 21.5 Å². The van der Waals surface area contributed by atoms with Gasteiger partial charge in [-0.25, -0.2) is 9.78 Å². The van der Waals surface area contributed by atoms with Crippen LogP contribution >= 0.6 is 11.8 Å². The van der Waals surface area contributed by atoms with Crippen molar-refractivity contribution in [2.24, 2.45) is 0 Å². The predicted octanol–water partition coefficient (Wildman–Crippen LogP) is 2.63. The van der Waals surface area contributed by atoms with E-state index in [0.29, 0.717) is 23.0 Å². The van der Waals surface area contributed by atoms with E-state index >= 15 is 0 Å². The highest BCUT2D eigenvalue weighted by atomic mass is 32.2. The molecule has 2 heterocycles. The number of rotatable bonds is 5. The topological polar surface area (TPSA) is 103 Å². The van der Waals surface area contributed by atoms with Gasteiger partial charge in [-0.2, -0.15) is 14.9 Å². The molecule has 7 nitrogen and oxygen atoms in total. The number of nitrogens with one attached hydrogen (secondary N) is 1. The molecule has 0 saturated heterocycles. The second-order valence-electron chi connectivity index (χ2n) is 4.89. The molecule has 0 aliphatic rings. The first kappa shape index (κ1) is 15.8. The van der Waals surface area contributed by atoms with Crippen molar-refractivity contribution in [3.05, 3.63) is 53.2 Å². The SMILES string of the molecule is CSc1nc2c(C(=O)O)cnn2c(NCc2ccccc2)c1C#N. The van der Waals surface area contributed by atoms with E-state index in [9.17, 15) is 15.2 Å². The maximum atomic E-state index is 11.3. The van der Waals surface area contributed by atoms with Gasteiger partial charge < -0.3 is 10.4 Å². The van der Waals surface area contributed by atoms with Crippen LogP contribution in [-0.4, -0.2) is 31.9 Å². The number of hydrogen-bond donors (Lipinski definition) is 2. The van der Waals surface area contributed by atoms with Gasteiger partial charge in [0.2, 0.25) is 0 Å². The highest BCUT2D eigenvalue weighted by Crippen LogP contribution is 2.27. The Morgan fingerprint density at radius 1 is 1.42 bits per heavy atom. The average molecular weight is 339 g/mol. The highest BCUT2D eigenvalue weighted by Gasteiger charge is 2.20. The Morgan fingerprint density at radius 2 is 2.17 bits per heavy atom. The second-order valence-corrected chi connectivity index (χ2v) is 5.69. The molecule has 0 bridgehead atoms. The van der Waals surface area contributed by atoms with Gasteiger partial charge in [-0.05, 0) is 11.8 Å². The number of aromatic nitrogens is 3. The minimum Gasteiger partial charge on any atom is -0.477 e. The molecular formula is C16H13N5O2S. The molecule has 8 heteroatoms. The normalized spacial score (nSPS) is 10.5. The summed E-state index contributed by atoms with van der Waals surface area (Å²) in [5.41, 5.74) is 1.58. The minimum atomic E-state index is -1.11. The lowest BCUT2D eigenvalue weighted by Gasteiger charge is -2.12. The predicted molar refractivity (Wildman–Crippen MR) is 90.2 cm³/mol. The van der Waals surface area contributed by atoms with E-state index < -0.39 is 5.97 Å². The number of thioether (sulfide) groups is 1. The fourth-order valence-corrected chi connectivity index (χ4v) is 2.84. The van der Waals surface area contributed by atoms with Gasteiger partial charge in [0.05, 0.1) is 6.20 Å². The Balaban J connectivity index is 2.13. The first-order valence-corrected chi connectivity index (χ1v) is 8.25. The number of aromatic carboxylic acids is 1. The van der Waals surface area contributed by atoms with E-state index in [0.717, 1.165) is 5.56 Å². The summed E-state index contributed by atoms with van der Waals surface area (Å²) in [6.45, 7) is 0.477. The van der Waals surface area contributed by atoms with Crippen molar-refractivity contribution >= 4 is 29.2 Å². The van der Waals surface area contributed by atoms with E-state index in [4.69, 9.17) is 0 Å². The zero-order valence-electron chi connectivity index (χ0n) is 12.7. The third-order valence-electron chi connectivity index (χ3n) is 3.45. The Hall–Kier alpha value is -3.05. The summed E-state index contributed by atoms with van der Waals surface area (Å²) >= 11 is 1.29. The molecule has 0 atom stereocenters. The van der Waals surface area contributed by atoms with Crippen molar-refractivity contribution in [2.45, 2.75) is 11.6 Å². The fraction of sp³-hybridized carbons (Fsp3) is 0.125. The molecule has 120 valence electrons. The summed E-state index contributed by atoms with van der Waals surface area (Å²) in [5, 5.41) is 26.5. The Labute approximate surface area is 141 Å². The molecule has 0 aliphatic heterocycles. The number of benzene rings is 1. The van der Waals surface area contributed by atoms with E-state index in [-0.39, 0.29) is 11.2 Å². The van der Waals surface area contributed by atoms with Crippen LogP contribution in [0.5, 0.6) is 0 Å². The van der Waals surface area contributed by atoms with Gasteiger partial charge in [-0.15, -0.1) is 11.8 Å². The molecule has 24 heavy (non-hydrogen) atoms. The largest absolute Gasteiger partial charge is 0.477 e. The lowest BCUT2D eigenvalue weighted by Crippen LogP contribution is -2.10. The monoisotopic (exact) mass is 339 g/mol. The fourth-order valence-electron chi connectivity index (χ4n) is 2.32. The molecule has 0 spiro atoms. The maximum absolute atomic E-state index is 11.3. The van der Waals surface area contributed by atoms with Crippen LogP contribution in [0.25, 0.3) is 5.65 Å². The van der Waals surface area contributed by atoms with Crippen LogP contribution in [-0.2, 0) is 6.54 Å². The van der Waals surface area contributed by atoms with Crippen molar-refractivity contribution in [2.75, 3.05) is 11.6 Å². The van der Waals surface area contributed by atoms with Crippen LogP contribution in [0.1, 0.15) is 21.5 Å². The van der Waals surface area contributed by atoms with Crippen LogP contribution in [0.2, 0.25) is 0 Å². The van der Waals surface area contributed by atoms with Crippen molar-refractivity contribution < 1.29 is 9.90 Å². The van der Waals surface area contributed by atoms with Gasteiger partial charge in [0.1, 0.15) is 22.2 Å². The summed E-state index contributed by atoms with van der Waals surface area (Å²) in [6.07, 6.45) is 3.03. The number of carbonyl (C=O) groups is 1. The van der Waals surface area contributed by atoms with Gasteiger partial charge in [-0.1, -0.05) is 30.3 Å². The molecule has 0 radical (unpaired) electrons. The van der Waals surface area contributed by atoms with E-state index in [1.165, 1.54) is 22.5 Å². The van der Waals surface area contributed by atoms with Crippen molar-refractivity contribution in [1.82, 2.24) is 14.6 Å². The lowest BCUT2D eigenvalue weighted by molar-refractivity contribution is 0.0698. The molecular weight excluding hydrogens is 326 g/mol. The molecule has 1 aromatic carbocycles. The van der Waals surface area contributed by atoms with Gasteiger partial charge in [0, 0.05) is 6.54 Å². The number of anilines is 1. The number of hydrogen-bond acceptors (Lipinski definition) is 6. The molecule has 3 rings (SSSR count). The number of carboxylic acids is 1. The smallest absolute Gasteiger partial charge is 0.341 e. The molecule has 0 saturated carbocycles. The van der Waals surface area contributed by atoms with Crippen LogP contribution in [0.15, 0.2) is 41.6 Å². The van der Waals surface area contributed by atoms with Crippen LogP contribution < -0.4 is 5.32 Å². The van der Waals surface area contributed by atoms with Crippen molar-refractivity contribution in [3.8, 4) is 6.07 Å². The van der Waals surface area contributed by atoms with E-state index in [1.54, 1.807) is 6.26 Å². The van der Waals surface area contributed by atoms with Crippen LogP contribution in [0, 0.1) is 11.3 Å². The Morgan fingerprint density at radius 3 is 2.79 bits per heavy atom. The standard InChI is InChI=1S/C16H13N5O2S/c1-24-15-11(7-17)13(18-8-10-5-3-2-4-6-10)21-14(20-15)12(9-19-21)16(22)23/h2-6,9,18H,8H2,1H3,(H,22,23). The number of fused-ring (bicyclic) bond motifs is 1. The van der Waals surface area contributed by atoms with Gasteiger partial charge >= 0.3 is 5.97 Å². The summed E-state index contributed by atoms with van der Waals surface area (Å²) in [5.74, 6) is -0.675. The zero-order chi connectivity index (χ0) is 17.1. The zero-order valence-corrected chi connectivity index (χ0v) is 13.5. The maximum Gasteiger partial charge on any atom is 0.341 e. The third-order valence-corrected chi connectivity index (χ3v) is 4.13. The summed E-state index contributed by atoms with van der Waals surface area (Å²) in [4.78, 5) is 15.6. The molecule has 2 N–H and O–H groups in total. The number of carboxylic acid groups (broad SMARTS) is 1. The third kappa shape index (κ3) is 2.77.